The van der Waals surface area contributed by atoms with Crippen LogP contribution in [0.4, 0.5) is 0 Å². The van der Waals surface area contributed by atoms with E-state index in [1.807, 2.05) is 6.07 Å². The van der Waals surface area contributed by atoms with E-state index in [1.165, 1.54) is 31.2 Å². The van der Waals surface area contributed by atoms with Gasteiger partial charge >= 0.3 is 0 Å². The Morgan fingerprint density at radius 3 is 2.79 bits per heavy atom. The van der Waals surface area contributed by atoms with E-state index in [2.05, 4.69) is 34.1 Å². The second kappa shape index (κ2) is 4.94. The van der Waals surface area contributed by atoms with Crippen LogP contribution in [-0.4, -0.2) is 6.10 Å². The first-order valence-corrected chi connectivity index (χ1v) is 6.00. The molecule has 0 N–H and O–H groups in total. The van der Waals surface area contributed by atoms with E-state index < -0.39 is 0 Å². The largest absolute Gasteiger partial charge is 0.374 e. The number of hydrogen-bond acceptors (Lipinski definition) is 1. The molecule has 0 spiro atoms. The van der Waals surface area contributed by atoms with Gasteiger partial charge in [-0.2, -0.15) is 0 Å². The fourth-order valence-corrected chi connectivity index (χ4v) is 2.34. The van der Waals surface area contributed by atoms with E-state index in [0.717, 1.165) is 11.1 Å². The second-order valence-corrected chi connectivity index (χ2v) is 4.76. The van der Waals surface area contributed by atoms with Gasteiger partial charge in [-0.3, -0.25) is 0 Å². The number of hydrogen-bond donors (Lipinski definition) is 0. The molecule has 1 nitrogen and oxygen atoms in total. The molecular formula is C12H15BrO. The van der Waals surface area contributed by atoms with Gasteiger partial charge in [-0.15, -0.1) is 0 Å². The molecule has 2 rings (SSSR count). The summed E-state index contributed by atoms with van der Waals surface area (Å²) in [5, 5.41) is 0. The predicted octanol–water partition coefficient (Wildman–Crippen LogP) is 3.91. The lowest BCUT2D eigenvalue weighted by molar-refractivity contribution is 0.0457. The second-order valence-electron chi connectivity index (χ2n) is 3.85. The van der Waals surface area contributed by atoms with Gasteiger partial charge in [-0.05, 0) is 30.5 Å². The third kappa shape index (κ3) is 2.82. The number of halogens is 1. The standard InChI is InChI=1S/C12H15BrO/c13-11-5-3-4-10(8-11)9-14-12-6-1-2-7-12/h3-5,8,12H,1-2,6-7,9H2. The Labute approximate surface area is 93.6 Å². The van der Waals surface area contributed by atoms with Gasteiger partial charge in [0.15, 0.2) is 0 Å². The number of ether oxygens (including phenoxy) is 1. The van der Waals surface area contributed by atoms with Gasteiger partial charge in [0.05, 0.1) is 12.7 Å². The van der Waals surface area contributed by atoms with Crippen molar-refractivity contribution in [1.82, 2.24) is 0 Å². The minimum Gasteiger partial charge on any atom is -0.374 e. The van der Waals surface area contributed by atoms with Gasteiger partial charge < -0.3 is 4.74 Å². The van der Waals surface area contributed by atoms with Crippen LogP contribution in [0, 0.1) is 0 Å². The summed E-state index contributed by atoms with van der Waals surface area (Å²) >= 11 is 3.46. The number of rotatable bonds is 3. The van der Waals surface area contributed by atoms with Crippen molar-refractivity contribution >= 4 is 15.9 Å². The maximum Gasteiger partial charge on any atom is 0.0721 e. The number of benzene rings is 1. The average molecular weight is 255 g/mol. The van der Waals surface area contributed by atoms with Gasteiger partial charge in [0.1, 0.15) is 0 Å². The van der Waals surface area contributed by atoms with Crippen molar-refractivity contribution in [1.29, 1.82) is 0 Å². The van der Waals surface area contributed by atoms with Gasteiger partial charge in [-0.25, -0.2) is 0 Å². The van der Waals surface area contributed by atoms with Crippen molar-refractivity contribution < 1.29 is 4.74 Å². The fraction of sp³-hybridized carbons (Fsp3) is 0.500. The van der Waals surface area contributed by atoms with Crippen molar-refractivity contribution in [2.75, 3.05) is 0 Å². The molecule has 0 aliphatic heterocycles. The summed E-state index contributed by atoms with van der Waals surface area (Å²) in [5.41, 5.74) is 1.26. The summed E-state index contributed by atoms with van der Waals surface area (Å²) in [7, 11) is 0. The molecule has 1 fully saturated rings. The molecule has 1 aromatic rings. The zero-order valence-corrected chi connectivity index (χ0v) is 9.79. The molecule has 1 aliphatic rings. The van der Waals surface area contributed by atoms with Crippen LogP contribution in [-0.2, 0) is 11.3 Å². The molecule has 2 heteroatoms. The van der Waals surface area contributed by atoms with Gasteiger partial charge in [-0.1, -0.05) is 40.9 Å². The van der Waals surface area contributed by atoms with Gasteiger partial charge in [0, 0.05) is 4.47 Å². The molecule has 1 aromatic carbocycles. The van der Waals surface area contributed by atoms with Crippen LogP contribution in [0.15, 0.2) is 28.7 Å². The van der Waals surface area contributed by atoms with Crippen LogP contribution in [0.5, 0.6) is 0 Å². The van der Waals surface area contributed by atoms with Gasteiger partial charge in [0.2, 0.25) is 0 Å². The maximum atomic E-state index is 5.82. The summed E-state index contributed by atoms with van der Waals surface area (Å²) in [6.07, 6.45) is 5.67. The highest BCUT2D eigenvalue weighted by atomic mass is 79.9. The molecular weight excluding hydrogens is 240 g/mol. The zero-order valence-electron chi connectivity index (χ0n) is 8.21. The Morgan fingerprint density at radius 2 is 2.07 bits per heavy atom. The SMILES string of the molecule is Brc1cccc(COC2CCCC2)c1. The van der Waals surface area contributed by atoms with E-state index in [9.17, 15) is 0 Å². The quantitative estimate of drug-likeness (QED) is 0.795. The van der Waals surface area contributed by atoms with Gasteiger partial charge in [0.25, 0.3) is 0 Å². The predicted molar refractivity (Wildman–Crippen MR) is 61.2 cm³/mol. The summed E-state index contributed by atoms with van der Waals surface area (Å²) < 4.78 is 6.95. The van der Waals surface area contributed by atoms with E-state index in [1.54, 1.807) is 0 Å². The first kappa shape index (κ1) is 10.2. The van der Waals surface area contributed by atoms with E-state index in [4.69, 9.17) is 4.74 Å². The topological polar surface area (TPSA) is 9.23 Å². The van der Waals surface area contributed by atoms with Crippen molar-refractivity contribution in [3.05, 3.63) is 34.3 Å². The fourth-order valence-electron chi connectivity index (χ4n) is 1.90. The Morgan fingerprint density at radius 1 is 1.29 bits per heavy atom. The summed E-state index contributed by atoms with van der Waals surface area (Å²) in [5.74, 6) is 0. The molecule has 0 amide bonds. The minimum atomic E-state index is 0.508. The minimum absolute atomic E-state index is 0.508. The Balaban J connectivity index is 1.85. The lowest BCUT2D eigenvalue weighted by Crippen LogP contribution is -2.06. The molecule has 76 valence electrons. The van der Waals surface area contributed by atoms with Crippen molar-refractivity contribution in [2.24, 2.45) is 0 Å². The molecule has 1 saturated carbocycles. The van der Waals surface area contributed by atoms with Crippen LogP contribution in [0.3, 0.4) is 0 Å². The normalized spacial score (nSPS) is 17.5. The lowest BCUT2D eigenvalue weighted by Gasteiger charge is -2.10. The summed E-state index contributed by atoms with van der Waals surface area (Å²) in [6, 6.07) is 8.32. The van der Waals surface area contributed by atoms with Crippen molar-refractivity contribution in [2.45, 2.75) is 38.4 Å². The first-order chi connectivity index (χ1) is 6.84. The Bertz CT molecular complexity index is 292. The van der Waals surface area contributed by atoms with E-state index in [0.29, 0.717) is 6.10 Å². The summed E-state index contributed by atoms with van der Waals surface area (Å²) in [4.78, 5) is 0. The molecule has 0 radical (unpaired) electrons. The molecule has 1 aliphatic carbocycles. The molecule has 0 aromatic heterocycles. The first-order valence-electron chi connectivity index (χ1n) is 5.20. The molecule has 14 heavy (non-hydrogen) atoms. The van der Waals surface area contributed by atoms with Crippen LogP contribution in [0.25, 0.3) is 0 Å². The highest BCUT2D eigenvalue weighted by Gasteiger charge is 2.14. The molecule has 0 unspecified atom stereocenters. The highest BCUT2D eigenvalue weighted by Crippen LogP contribution is 2.22. The highest BCUT2D eigenvalue weighted by molar-refractivity contribution is 9.10. The van der Waals surface area contributed by atoms with Crippen molar-refractivity contribution in [3.8, 4) is 0 Å². The van der Waals surface area contributed by atoms with Crippen LogP contribution in [0.1, 0.15) is 31.2 Å². The third-order valence-corrected chi connectivity index (χ3v) is 3.17. The third-order valence-electron chi connectivity index (χ3n) is 2.68. The van der Waals surface area contributed by atoms with Crippen LogP contribution in [0.2, 0.25) is 0 Å². The Hall–Kier alpha value is -0.340. The lowest BCUT2D eigenvalue weighted by atomic mass is 10.2. The van der Waals surface area contributed by atoms with E-state index in [-0.39, 0.29) is 0 Å². The van der Waals surface area contributed by atoms with Crippen molar-refractivity contribution in [3.63, 3.8) is 0 Å². The monoisotopic (exact) mass is 254 g/mol. The molecule has 0 saturated heterocycles. The van der Waals surface area contributed by atoms with Crippen LogP contribution >= 0.6 is 15.9 Å². The summed E-state index contributed by atoms with van der Waals surface area (Å²) in [6.45, 7) is 0.754. The Kier molecular flexibility index (Phi) is 3.60. The average Bonchev–Trinajstić information content (AvgIpc) is 2.67. The smallest absolute Gasteiger partial charge is 0.0721 e. The molecule has 0 atom stereocenters. The zero-order chi connectivity index (χ0) is 9.80. The maximum absolute atomic E-state index is 5.82. The van der Waals surface area contributed by atoms with Crippen LogP contribution < -0.4 is 0 Å². The van der Waals surface area contributed by atoms with E-state index >= 15 is 0 Å². The molecule has 0 bridgehead atoms. The molecule has 0 heterocycles.